The molecule has 2 N–H and O–H groups in total. The third-order valence-electron chi connectivity index (χ3n) is 2.62. The minimum atomic E-state index is 0.781. The van der Waals surface area contributed by atoms with Crippen LogP contribution in [0.5, 0.6) is 0 Å². The first-order chi connectivity index (χ1) is 8.20. The van der Waals surface area contributed by atoms with E-state index in [-0.39, 0.29) is 0 Å². The molecule has 0 aliphatic rings. The zero-order valence-corrected chi connectivity index (χ0v) is 11.8. The number of hydrogen-bond acceptors (Lipinski definition) is 3. The fraction of sp³-hybridized carbons (Fsp3) is 0.231. The third-order valence-corrected chi connectivity index (χ3v) is 3.48. The van der Waals surface area contributed by atoms with Crippen molar-refractivity contribution in [2.75, 3.05) is 17.2 Å². The highest BCUT2D eigenvalue weighted by Crippen LogP contribution is 2.26. The predicted molar refractivity (Wildman–Crippen MR) is 79.0 cm³/mol. The Balaban J connectivity index is 2.23. The minimum absolute atomic E-state index is 0.781. The fourth-order valence-corrected chi connectivity index (χ4v) is 2.62. The molecule has 17 heavy (non-hydrogen) atoms. The van der Waals surface area contributed by atoms with Crippen LogP contribution in [0.15, 0.2) is 41.0 Å². The summed E-state index contributed by atoms with van der Waals surface area (Å²) in [5, 5.41) is 0. The molecule has 1 heterocycles. The van der Waals surface area contributed by atoms with Crippen molar-refractivity contribution in [3.8, 4) is 0 Å². The summed E-state index contributed by atoms with van der Waals surface area (Å²) in [4.78, 5) is 2.26. The Morgan fingerprint density at radius 1 is 1.35 bits per heavy atom. The van der Waals surface area contributed by atoms with Crippen LogP contribution in [-0.4, -0.2) is 6.54 Å². The molecule has 2 aromatic rings. The molecule has 0 radical (unpaired) electrons. The van der Waals surface area contributed by atoms with Gasteiger partial charge < -0.3 is 15.1 Å². The highest BCUT2D eigenvalue weighted by Gasteiger charge is 2.10. The van der Waals surface area contributed by atoms with E-state index < -0.39 is 0 Å². The molecule has 1 aromatic heterocycles. The molecule has 1 aromatic carbocycles. The summed E-state index contributed by atoms with van der Waals surface area (Å²) in [7, 11) is 0. The van der Waals surface area contributed by atoms with E-state index in [4.69, 9.17) is 10.2 Å². The maximum atomic E-state index is 5.76. The molecular weight excluding hydrogens is 327 g/mol. The van der Waals surface area contributed by atoms with Crippen molar-refractivity contribution in [2.24, 2.45) is 0 Å². The molecule has 0 spiro atoms. The molecule has 0 atom stereocenters. The minimum Gasteiger partial charge on any atom is -0.467 e. The number of furan rings is 1. The van der Waals surface area contributed by atoms with Gasteiger partial charge in [-0.05, 0) is 59.8 Å². The second-order valence-corrected chi connectivity index (χ2v) is 4.97. The van der Waals surface area contributed by atoms with E-state index in [9.17, 15) is 0 Å². The molecule has 0 aliphatic carbocycles. The first-order valence-electron chi connectivity index (χ1n) is 5.53. The second kappa shape index (κ2) is 5.44. The highest BCUT2D eigenvalue weighted by molar-refractivity contribution is 14.1. The average molecular weight is 342 g/mol. The van der Waals surface area contributed by atoms with Gasteiger partial charge in [0.2, 0.25) is 0 Å². The zero-order chi connectivity index (χ0) is 12.3. The largest absolute Gasteiger partial charge is 0.467 e. The van der Waals surface area contributed by atoms with Crippen molar-refractivity contribution < 1.29 is 4.42 Å². The van der Waals surface area contributed by atoms with Crippen LogP contribution in [0, 0.1) is 3.57 Å². The van der Waals surface area contributed by atoms with E-state index in [0.29, 0.717) is 0 Å². The van der Waals surface area contributed by atoms with E-state index in [1.165, 1.54) is 5.69 Å². The predicted octanol–water partition coefficient (Wildman–Crippen LogP) is 3.49. The average Bonchev–Trinajstić information content (AvgIpc) is 2.79. The highest BCUT2D eigenvalue weighted by atomic mass is 127. The summed E-state index contributed by atoms with van der Waals surface area (Å²) in [5.41, 5.74) is 7.75. The van der Waals surface area contributed by atoms with Gasteiger partial charge >= 0.3 is 0 Å². The Hall–Kier alpha value is -1.17. The lowest BCUT2D eigenvalue weighted by molar-refractivity contribution is 0.503. The van der Waals surface area contributed by atoms with Crippen molar-refractivity contribution in [1.82, 2.24) is 0 Å². The molecule has 4 heteroatoms. The molecule has 0 aliphatic heterocycles. The number of rotatable bonds is 4. The molecule has 0 amide bonds. The lowest BCUT2D eigenvalue weighted by atomic mass is 10.2. The number of nitrogens with zero attached hydrogens (tertiary/aromatic N) is 1. The van der Waals surface area contributed by atoms with Crippen molar-refractivity contribution in [3.63, 3.8) is 0 Å². The van der Waals surface area contributed by atoms with E-state index in [0.717, 1.165) is 28.1 Å². The van der Waals surface area contributed by atoms with Crippen LogP contribution < -0.4 is 10.6 Å². The third kappa shape index (κ3) is 2.94. The summed E-state index contributed by atoms with van der Waals surface area (Å²) < 4.78 is 6.55. The lowest BCUT2D eigenvalue weighted by Gasteiger charge is -2.23. The molecule has 90 valence electrons. The van der Waals surface area contributed by atoms with Crippen LogP contribution in [0.1, 0.15) is 12.7 Å². The van der Waals surface area contributed by atoms with E-state index in [1.54, 1.807) is 6.26 Å². The zero-order valence-electron chi connectivity index (χ0n) is 9.69. The molecule has 0 fully saturated rings. The topological polar surface area (TPSA) is 42.4 Å². The Morgan fingerprint density at radius 3 is 2.76 bits per heavy atom. The van der Waals surface area contributed by atoms with Gasteiger partial charge in [-0.15, -0.1) is 0 Å². The van der Waals surface area contributed by atoms with E-state index in [1.807, 2.05) is 24.3 Å². The van der Waals surface area contributed by atoms with Crippen LogP contribution in [0.3, 0.4) is 0 Å². The lowest BCUT2D eigenvalue weighted by Crippen LogP contribution is -2.22. The van der Waals surface area contributed by atoms with Gasteiger partial charge in [0.15, 0.2) is 0 Å². The van der Waals surface area contributed by atoms with Crippen molar-refractivity contribution in [1.29, 1.82) is 0 Å². The van der Waals surface area contributed by atoms with Gasteiger partial charge in [0.05, 0.1) is 18.5 Å². The van der Waals surface area contributed by atoms with Crippen molar-refractivity contribution in [2.45, 2.75) is 13.5 Å². The molecule has 2 rings (SSSR count). The van der Waals surface area contributed by atoms with Crippen LogP contribution in [-0.2, 0) is 6.54 Å². The number of benzene rings is 1. The summed E-state index contributed by atoms with van der Waals surface area (Å²) in [5.74, 6) is 0.972. The van der Waals surface area contributed by atoms with Gasteiger partial charge in [-0.2, -0.15) is 0 Å². The molecule has 0 saturated heterocycles. The van der Waals surface area contributed by atoms with Gasteiger partial charge in [-0.25, -0.2) is 0 Å². The molecule has 0 bridgehead atoms. The van der Waals surface area contributed by atoms with Gasteiger partial charge in [-0.1, -0.05) is 0 Å². The first kappa shape index (κ1) is 12.3. The van der Waals surface area contributed by atoms with E-state index >= 15 is 0 Å². The maximum Gasteiger partial charge on any atom is 0.123 e. The Bertz CT molecular complexity index is 482. The molecule has 0 saturated carbocycles. The molecule has 3 nitrogen and oxygen atoms in total. The Labute approximate surface area is 115 Å². The maximum absolute atomic E-state index is 5.76. The van der Waals surface area contributed by atoms with Crippen LogP contribution in [0.2, 0.25) is 0 Å². The number of halogens is 1. The van der Waals surface area contributed by atoms with Gasteiger partial charge in [0.1, 0.15) is 5.76 Å². The SMILES string of the molecule is CCN(Cc1ccco1)c1ccc(N)cc1I. The van der Waals surface area contributed by atoms with Crippen molar-refractivity contribution in [3.05, 3.63) is 45.9 Å². The summed E-state index contributed by atoms with van der Waals surface area (Å²) >= 11 is 2.31. The summed E-state index contributed by atoms with van der Waals surface area (Å²) in [6, 6.07) is 9.89. The van der Waals surface area contributed by atoms with Crippen LogP contribution >= 0.6 is 22.6 Å². The van der Waals surface area contributed by atoms with Crippen LogP contribution in [0.4, 0.5) is 11.4 Å². The quantitative estimate of drug-likeness (QED) is 0.683. The Morgan fingerprint density at radius 2 is 2.18 bits per heavy atom. The van der Waals surface area contributed by atoms with E-state index in [2.05, 4.69) is 40.5 Å². The standard InChI is InChI=1S/C13H15IN2O/c1-2-16(9-11-4-3-7-17-11)13-6-5-10(15)8-12(13)14/h3-8H,2,9,15H2,1H3. The smallest absolute Gasteiger partial charge is 0.123 e. The summed E-state index contributed by atoms with van der Waals surface area (Å²) in [6.45, 7) is 3.85. The number of nitrogens with two attached hydrogens (primary N) is 1. The van der Waals surface area contributed by atoms with Crippen molar-refractivity contribution >= 4 is 34.0 Å². The summed E-state index contributed by atoms with van der Waals surface area (Å²) in [6.07, 6.45) is 1.71. The van der Waals surface area contributed by atoms with Gasteiger partial charge in [0, 0.05) is 15.8 Å². The first-order valence-corrected chi connectivity index (χ1v) is 6.61. The van der Waals surface area contributed by atoms with Gasteiger partial charge in [0.25, 0.3) is 0 Å². The number of hydrogen-bond donors (Lipinski definition) is 1. The fourth-order valence-electron chi connectivity index (χ4n) is 1.74. The second-order valence-electron chi connectivity index (χ2n) is 3.80. The number of nitrogen functional groups attached to an aromatic ring is 1. The Kier molecular flexibility index (Phi) is 3.93. The number of anilines is 2. The normalized spacial score (nSPS) is 10.5. The molecular formula is C13H15IN2O. The van der Waals surface area contributed by atoms with Gasteiger partial charge in [-0.3, -0.25) is 0 Å². The van der Waals surface area contributed by atoms with Crippen LogP contribution in [0.25, 0.3) is 0 Å². The molecule has 0 unspecified atom stereocenters. The monoisotopic (exact) mass is 342 g/mol.